The third-order valence-corrected chi connectivity index (χ3v) is 0.442. The Bertz CT molecular complexity index is 64.0. The summed E-state index contributed by atoms with van der Waals surface area (Å²) in [5.41, 5.74) is -1.54. The van der Waals surface area contributed by atoms with Crippen molar-refractivity contribution >= 4 is 87.5 Å². The van der Waals surface area contributed by atoms with Crippen LogP contribution in [0.1, 0.15) is 0 Å². The van der Waals surface area contributed by atoms with Gasteiger partial charge in [-0.25, -0.2) is 4.79 Å². The molecular weight excluding hydrogens is 237 g/mol. The molecule has 1 atom stereocenters. The summed E-state index contributed by atoms with van der Waals surface area (Å²) in [4.78, 5) is 9.37. The maximum absolute atomic E-state index is 9.37. The van der Waals surface area contributed by atoms with Crippen molar-refractivity contribution in [1.82, 2.24) is 0 Å². The van der Waals surface area contributed by atoms with Gasteiger partial charge in [-0.3, -0.25) is 0 Å². The first-order valence-electron chi connectivity index (χ1n) is 1.23. The van der Waals surface area contributed by atoms with Gasteiger partial charge in [-0.05, 0) is 0 Å². The van der Waals surface area contributed by atoms with Gasteiger partial charge in [-0.1, -0.05) is 0 Å². The number of aliphatic carboxylic acids is 1. The number of aliphatic hydroxyl groups excluding tert-OH is 1. The molecule has 0 aromatic carbocycles. The number of rotatable bonds is 1. The number of carbonyl (C=O) groups is 1. The van der Waals surface area contributed by atoms with E-state index in [-0.39, 0.29) is 68.9 Å². The molecule has 38 valence electrons. The van der Waals surface area contributed by atoms with Crippen molar-refractivity contribution in [2.24, 2.45) is 0 Å². The van der Waals surface area contributed by atoms with Crippen LogP contribution in [0.5, 0.6) is 0 Å². The molecule has 7 heavy (non-hydrogen) atoms. The Morgan fingerprint density at radius 2 is 1.86 bits per heavy atom. The fourth-order valence-corrected chi connectivity index (χ4v) is 0. The van der Waals surface area contributed by atoms with Crippen LogP contribution < -0.4 is 0 Å². The van der Waals surface area contributed by atoms with Crippen LogP contribution in [0.25, 0.3) is 0 Å². The summed E-state index contributed by atoms with van der Waals surface area (Å²) < 4.78 is 0. The van der Waals surface area contributed by atoms with E-state index in [1.54, 1.807) is 0 Å². The average Bonchev–Trinajstić information content (AvgIpc) is 1.36. The molecule has 0 aliphatic heterocycles. The van der Waals surface area contributed by atoms with E-state index in [0.717, 1.165) is 0 Å². The fraction of sp³-hybridized carbons (Fsp3) is 0.500. The van der Waals surface area contributed by atoms with Gasteiger partial charge >= 0.3 is 74.9 Å². The second-order valence-electron chi connectivity index (χ2n) is 0.712. The molecule has 0 aromatic heterocycles. The van der Waals surface area contributed by atoms with Gasteiger partial charge in [0.05, 0.1) is 0 Å². The molecule has 0 aliphatic rings. The molecular formula is C2H5CsO3S. The van der Waals surface area contributed by atoms with Crippen molar-refractivity contribution in [1.29, 1.82) is 0 Å². The zero-order chi connectivity index (χ0) is 5.15. The second-order valence-corrected chi connectivity index (χ2v) is 1.20. The third kappa shape index (κ3) is 7.83. The van der Waals surface area contributed by atoms with Crippen LogP contribution >= 0.6 is 12.6 Å². The molecule has 5 heteroatoms. The molecule has 3 nitrogen and oxygen atoms in total. The van der Waals surface area contributed by atoms with Crippen molar-refractivity contribution < 1.29 is 15.0 Å². The zero-order valence-corrected chi connectivity index (χ0v) is 3.72. The SMILES string of the molecule is O=C(O)C(O)S.[CsH]. The summed E-state index contributed by atoms with van der Waals surface area (Å²) in [5, 5.41) is 15.6. The molecule has 0 saturated carbocycles. The number of aliphatic hydroxyl groups is 1. The van der Waals surface area contributed by atoms with Crippen molar-refractivity contribution in [2.75, 3.05) is 0 Å². The van der Waals surface area contributed by atoms with Crippen LogP contribution in [-0.4, -0.2) is 90.5 Å². The molecule has 0 spiro atoms. The van der Waals surface area contributed by atoms with E-state index in [9.17, 15) is 4.79 Å². The molecule has 0 heterocycles. The molecule has 0 amide bonds. The topological polar surface area (TPSA) is 57.5 Å². The van der Waals surface area contributed by atoms with Crippen LogP contribution in [0.3, 0.4) is 0 Å². The number of carboxylic acid groups (broad SMARTS) is 1. The summed E-state index contributed by atoms with van der Waals surface area (Å²) in [6.07, 6.45) is 0. The Morgan fingerprint density at radius 3 is 1.86 bits per heavy atom. The minimum atomic E-state index is -1.54. The Labute approximate surface area is 105 Å². The first-order valence-corrected chi connectivity index (χ1v) is 1.75. The molecule has 0 bridgehead atoms. The van der Waals surface area contributed by atoms with Gasteiger partial charge in [0.2, 0.25) is 0 Å². The predicted molar refractivity (Wildman–Crippen MR) is 29.8 cm³/mol. The van der Waals surface area contributed by atoms with E-state index in [1.165, 1.54) is 0 Å². The summed E-state index contributed by atoms with van der Waals surface area (Å²) >= 11 is 3.15. The van der Waals surface area contributed by atoms with Crippen LogP contribution in [0.4, 0.5) is 0 Å². The normalized spacial score (nSPS) is 11.7. The molecule has 0 aliphatic carbocycles. The predicted octanol–water partition coefficient (Wildman–Crippen LogP) is -1.33. The first-order chi connectivity index (χ1) is 2.64. The Hall–Kier alpha value is 1.83. The zero-order valence-electron chi connectivity index (χ0n) is 2.83. The average molecular weight is 242 g/mol. The van der Waals surface area contributed by atoms with E-state index < -0.39 is 11.4 Å². The fourth-order valence-electron chi connectivity index (χ4n) is 0. The van der Waals surface area contributed by atoms with E-state index in [2.05, 4.69) is 12.6 Å². The maximum atomic E-state index is 9.37. The van der Waals surface area contributed by atoms with Gasteiger partial charge in [-0.15, -0.1) is 12.6 Å². The van der Waals surface area contributed by atoms with E-state index in [0.29, 0.717) is 0 Å². The third-order valence-electron chi connectivity index (χ3n) is 0.221. The summed E-state index contributed by atoms with van der Waals surface area (Å²) in [7, 11) is 0. The summed E-state index contributed by atoms with van der Waals surface area (Å²) in [6, 6.07) is 0. The molecule has 0 radical (unpaired) electrons. The molecule has 1 unspecified atom stereocenters. The van der Waals surface area contributed by atoms with Gasteiger partial charge < -0.3 is 10.2 Å². The standard InChI is InChI=1S/C2H4O3S.Cs.H/c3-1(4)2(5)6;;/h2,5-6H,(H,3,4);;. The van der Waals surface area contributed by atoms with Gasteiger partial charge in [0, 0.05) is 0 Å². The van der Waals surface area contributed by atoms with Crippen LogP contribution in [0, 0.1) is 0 Å². The van der Waals surface area contributed by atoms with Crippen molar-refractivity contribution in [3.8, 4) is 0 Å². The van der Waals surface area contributed by atoms with Crippen molar-refractivity contribution in [3.05, 3.63) is 0 Å². The quantitative estimate of drug-likeness (QED) is 0.394. The number of hydrogen-bond acceptors (Lipinski definition) is 3. The molecule has 0 rings (SSSR count). The number of hydrogen-bond donors (Lipinski definition) is 3. The van der Waals surface area contributed by atoms with Crippen molar-refractivity contribution in [3.63, 3.8) is 0 Å². The van der Waals surface area contributed by atoms with E-state index >= 15 is 0 Å². The van der Waals surface area contributed by atoms with E-state index in [1.807, 2.05) is 0 Å². The number of carboxylic acids is 1. The van der Waals surface area contributed by atoms with Crippen LogP contribution in [-0.2, 0) is 4.79 Å². The van der Waals surface area contributed by atoms with Gasteiger partial charge in [0.25, 0.3) is 0 Å². The molecule has 2 N–H and O–H groups in total. The summed E-state index contributed by atoms with van der Waals surface area (Å²) in [6.45, 7) is 0. The van der Waals surface area contributed by atoms with Crippen molar-refractivity contribution in [2.45, 2.75) is 5.44 Å². The molecule has 0 fully saturated rings. The van der Waals surface area contributed by atoms with Crippen LogP contribution in [0.2, 0.25) is 0 Å². The van der Waals surface area contributed by atoms with Gasteiger partial charge in [0.1, 0.15) is 0 Å². The Kier molecular flexibility index (Phi) is 9.88. The monoisotopic (exact) mass is 242 g/mol. The molecule has 0 saturated heterocycles. The van der Waals surface area contributed by atoms with Gasteiger partial charge in [-0.2, -0.15) is 0 Å². The number of thiol groups is 1. The minimum absolute atomic E-state index is 0. The van der Waals surface area contributed by atoms with E-state index in [4.69, 9.17) is 10.2 Å². The Morgan fingerprint density at radius 1 is 1.71 bits per heavy atom. The van der Waals surface area contributed by atoms with Gasteiger partial charge in [0.15, 0.2) is 5.44 Å². The molecule has 0 aromatic rings. The first kappa shape index (κ1) is 11.6. The Balaban J connectivity index is 0. The second kappa shape index (κ2) is 5.96. The summed E-state index contributed by atoms with van der Waals surface area (Å²) in [5.74, 6) is -1.32. The van der Waals surface area contributed by atoms with Crippen LogP contribution in [0.15, 0.2) is 0 Å².